The quantitative estimate of drug-likeness (QED) is 0.279. The summed E-state index contributed by atoms with van der Waals surface area (Å²) >= 11 is 0. The summed E-state index contributed by atoms with van der Waals surface area (Å²) < 4.78 is 20.9. The van der Waals surface area contributed by atoms with E-state index in [1.807, 2.05) is 41.5 Å². The number of ether oxygens (including phenoxy) is 4. The topological polar surface area (TPSA) is 124 Å². The first-order valence-corrected chi connectivity index (χ1v) is 11.8. The molecule has 0 radical (unpaired) electrons. The number of rotatable bonds is 12. The van der Waals surface area contributed by atoms with Gasteiger partial charge in [0, 0.05) is 19.7 Å². The fourth-order valence-electron chi connectivity index (χ4n) is 2.14. The summed E-state index contributed by atoms with van der Waals surface area (Å²) in [6.07, 6.45) is -1.08. The first kappa shape index (κ1) is 31.8. The van der Waals surface area contributed by atoms with Gasteiger partial charge in [-0.3, -0.25) is 0 Å². The third-order valence-electron chi connectivity index (χ3n) is 4.14. The van der Waals surface area contributed by atoms with Crippen LogP contribution in [0.1, 0.15) is 68.7 Å². The van der Waals surface area contributed by atoms with Gasteiger partial charge in [-0.05, 0) is 22.7 Å². The van der Waals surface area contributed by atoms with Crippen molar-refractivity contribution in [2.24, 2.45) is 16.2 Å². The number of hydrogen-bond acceptors (Lipinski definition) is 7. The molecule has 0 rings (SSSR count). The molecule has 0 aromatic rings. The molecule has 0 aliphatic rings. The molecule has 34 heavy (non-hydrogen) atoms. The van der Waals surface area contributed by atoms with E-state index in [4.69, 9.17) is 18.9 Å². The van der Waals surface area contributed by atoms with E-state index in [0.717, 1.165) is 6.42 Å². The van der Waals surface area contributed by atoms with Gasteiger partial charge in [0.25, 0.3) is 0 Å². The van der Waals surface area contributed by atoms with E-state index in [-0.39, 0.29) is 42.7 Å². The Hall–Kier alpha value is -2.23. The average molecular weight is 490 g/mol. The zero-order valence-corrected chi connectivity index (χ0v) is 22.6. The standard InChI is InChI=1S/C24H47N3O7/c1-22(2,3)10-11-31-12-13-32-21(30)27-18(14-33-19(28)25-16-23(4,5)6)15-34-20(29)26-17-24(7,8)9/h18H,10-17H2,1-9H3,(H,25,28)(H,26,29)(H,27,30). The van der Waals surface area contributed by atoms with Crippen LogP contribution in [0.25, 0.3) is 0 Å². The Kier molecular flexibility index (Phi) is 13.9. The molecule has 0 heterocycles. The van der Waals surface area contributed by atoms with Gasteiger partial charge in [0.15, 0.2) is 0 Å². The average Bonchev–Trinajstić information content (AvgIpc) is 2.67. The maximum atomic E-state index is 12.1. The molecule has 0 aromatic heterocycles. The number of amides is 3. The van der Waals surface area contributed by atoms with Crippen LogP contribution >= 0.6 is 0 Å². The summed E-state index contributed by atoms with van der Waals surface area (Å²) in [4.78, 5) is 36.1. The molecule has 10 heteroatoms. The van der Waals surface area contributed by atoms with Gasteiger partial charge in [0.2, 0.25) is 0 Å². The molecule has 3 N–H and O–H groups in total. The Labute approximate surface area is 205 Å². The molecule has 0 aliphatic carbocycles. The van der Waals surface area contributed by atoms with Gasteiger partial charge in [0.05, 0.1) is 6.61 Å². The van der Waals surface area contributed by atoms with Crippen LogP contribution in [-0.2, 0) is 18.9 Å². The van der Waals surface area contributed by atoms with Crippen molar-refractivity contribution in [3.8, 4) is 0 Å². The highest BCUT2D eigenvalue weighted by Gasteiger charge is 2.20. The second-order valence-corrected chi connectivity index (χ2v) is 11.9. The minimum Gasteiger partial charge on any atom is -0.447 e. The zero-order valence-electron chi connectivity index (χ0n) is 22.6. The van der Waals surface area contributed by atoms with Crippen molar-refractivity contribution >= 4 is 18.3 Å². The predicted octanol–water partition coefficient (Wildman–Crippen LogP) is 4.08. The van der Waals surface area contributed by atoms with Gasteiger partial charge in [-0.1, -0.05) is 62.3 Å². The molecule has 0 saturated carbocycles. The van der Waals surface area contributed by atoms with Crippen molar-refractivity contribution in [3.05, 3.63) is 0 Å². The van der Waals surface area contributed by atoms with Crippen LogP contribution in [0, 0.1) is 16.2 Å². The van der Waals surface area contributed by atoms with Crippen LogP contribution in [-0.4, -0.2) is 70.4 Å². The van der Waals surface area contributed by atoms with Crippen LogP contribution in [0.3, 0.4) is 0 Å². The third-order valence-corrected chi connectivity index (χ3v) is 4.14. The molecule has 10 nitrogen and oxygen atoms in total. The Morgan fingerprint density at radius 1 is 0.618 bits per heavy atom. The monoisotopic (exact) mass is 489 g/mol. The molecule has 0 spiro atoms. The molecule has 0 unspecified atom stereocenters. The molecule has 0 atom stereocenters. The van der Waals surface area contributed by atoms with Crippen molar-refractivity contribution in [3.63, 3.8) is 0 Å². The summed E-state index contributed by atoms with van der Waals surface area (Å²) in [5, 5.41) is 7.87. The number of alkyl carbamates (subject to hydrolysis) is 3. The van der Waals surface area contributed by atoms with Crippen molar-refractivity contribution < 1.29 is 33.3 Å². The molecule has 200 valence electrons. The van der Waals surface area contributed by atoms with Crippen LogP contribution in [0.4, 0.5) is 14.4 Å². The lowest BCUT2D eigenvalue weighted by atomic mass is 9.93. The maximum Gasteiger partial charge on any atom is 0.407 e. The molecular formula is C24H47N3O7. The van der Waals surface area contributed by atoms with Crippen LogP contribution in [0.15, 0.2) is 0 Å². The number of hydrogen-bond donors (Lipinski definition) is 3. The lowest BCUT2D eigenvalue weighted by molar-refractivity contribution is 0.0549. The van der Waals surface area contributed by atoms with E-state index in [9.17, 15) is 14.4 Å². The molecular weight excluding hydrogens is 442 g/mol. The van der Waals surface area contributed by atoms with Crippen molar-refractivity contribution in [2.45, 2.75) is 74.8 Å². The second-order valence-electron chi connectivity index (χ2n) is 11.9. The minimum absolute atomic E-state index is 0.0720. The van der Waals surface area contributed by atoms with E-state index >= 15 is 0 Å². The summed E-state index contributed by atoms with van der Waals surface area (Å²) in [7, 11) is 0. The van der Waals surface area contributed by atoms with E-state index in [0.29, 0.717) is 19.7 Å². The van der Waals surface area contributed by atoms with Gasteiger partial charge in [-0.15, -0.1) is 0 Å². The lowest BCUT2D eigenvalue weighted by Crippen LogP contribution is -2.45. The number of carbonyl (C=O) groups excluding carboxylic acids is 3. The van der Waals surface area contributed by atoms with Crippen molar-refractivity contribution in [1.29, 1.82) is 0 Å². The Bertz CT molecular complexity index is 586. The van der Waals surface area contributed by atoms with Crippen molar-refractivity contribution in [1.82, 2.24) is 16.0 Å². The second kappa shape index (κ2) is 14.9. The highest BCUT2D eigenvalue weighted by Crippen LogP contribution is 2.17. The lowest BCUT2D eigenvalue weighted by Gasteiger charge is -2.22. The van der Waals surface area contributed by atoms with Gasteiger partial charge in [0.1, 0.15) is 25.9 Å². The Morgan fingerprint density at radius 2 is 1.09 bits per heavy atom. The summed E-state index contributed by atoms with van der Waals surface area (Å²) in [5.41, 5.74) is -0.0445. The van der Waals surface area contributed by atoms with Crippen LogP contribution < -0.4 is 16.0 Å². The Morgan fingerprint density at radius 3 is 1.50 bits per heavy atom. The van der Waals surface area contributed by atoms with E-state index < -0.39 is 24.3 Å². The molecule has 0 aromatic carbocycles. The number of carbonyl (C=O) groups is 3. The summed E-state index contributed by atoms with van der Waals surface area (Å²) in [5.74, 6) is 0. The summed E-state index contributed by atoms with van der Waals surface area (Å²) in [6.45, 7) is 19.6. The minimum atomic E-state index is -0.782. The summed E-state index contributed by atoms with van der Waals surface area (Å²) in [6, 6.07) is -0.782. The van der Waals surface area contributed by atoms with Crippen LogP contribution in [0.5, 0.6) is 0 Å². The SMILES string of the molecule is CC(C)(C)CCOCCOC(=O)NC(COC(=O)NCC(C)(C)C)COC(=O)NCC(C)(C)C. The molecule has 0 fully saturated rings. The maximum absolute atomic E-state index is 12.1. The van der Waals surface area contributed by atoms with Crippen LogP contribution in [0.2, 0.25) is 0 Å². The van der Waals surface area contributed by atoms with Gasteiger partial charge in [-0.25, -0.2) is 14.4 Å². The molecule has 0 saturated heterocycles. The Balaban J connectivity index is 4.57. The first-order chi connectivity index (χ1) is 15.5. The third kappa shape index (κ3) is 21.6. The predicted molar refractivity (Wildman–Crippen MR) is 131 cm³/mol. The van der Waals surface area contributed by atoms with Gasteiger partial charge >= 0.3 is 18.3 Å². The fraction of sp³-hybridized carbons (Fsp3) is 0.875. The van der Waals surface area contributed by atoms with Gasteiger partial charge < -0.3 is 34.9 Å². The molecule has 0 aliphatic heterocycles. The normalized spacial score (nSPS) is 12.2. The van der Waals surface area contributed by atoms with E-state index in [1.54, 1.807) is 0 Å². The highest BCUT2D eigenvalue weighted by molar-refractivity contribution is 5.69. The highest BCUT2D eigenvalue weighted by atomic mass is 16.6. The van der Waals surface area contributed by atoms with E-state index in [2.05, 4.69) is 36.7 Å². The zero-order chi connectivity index (χ0) is 26.4. The molecule has 3 amide bonds. The fourth-order valence-corrected chi connectivity index (χ4v) is 2.14. The smallest absolute Gasteiger partial charge is 0.407 e. The van der Waals surface area contributed by atoms with E-state index in [1.165, 1.54) is 0 Å². The molecule has 0 bridgehead atoms. The van der Waals surface area contributed by atoms with Crippen molar-refractivity contribution in [2.75, 3.05) is 46.1 Å². The van der Waals surface area contributed by atoms with Gasteiger partial charge in [-0.2, -0.15) is 0 Å². The first-order valence-electron chi connectivity index (χ1n) is 11.8. The largest absolute Gasteiger partial charge is 0.447 e. The number of nitrogens with one attached hydrogen (secondary N) is 3.